The van der Waals surface area contributed by atoms with Crippen LogP contribution in [0.2, 0.25) is 0 Å². The minimum absolute atomic E-state index is 0.259. The molecule has 0 saturated carbocycles. The minimum atomic E-state index is -0.943. The number of carbonyl (C=O) groups excluding carboxylic acids is 1. The third-order valence-corrected chi connectivity index (χ3v) is 2.92. The maximum Gasteiger partial charge on any atom is 0.326 e. The summed E-state index contributed by atoms with van der Waals surface area (Å²) in [7, 11) is 0. The van der Waals surface area contributed by atoms with Gasteiger partial charge in [0.05, 0.1) is 19.2 Å². The summed E-state index contributed by atoms with van der Waals surface area (Å²) in [6.07, 6.45) is 0.816. The van der Waals surface area contributed by atoms with Crippen LogP contribution in [0.5, 0.6) is 0 Å². The molecular formula is C9H14N2O4. The molecule has 15 heavy (non-hydrogen) atoms. The van der Waals surface area contributed by atoms with Crippen LogP contribution in [0.15, 0.2) is 0 Å². The monoisotopic (exact) mass is 214 g/mol. The minimum Gasteiger partial charge on any atom is -0.480 e. The van der Waals surface area contributed by atoms with Crippen LogP contribution in [0.25, 0.3) is 0 Å². The molecule has 2 heterocycles. The number of nitrogens with zero attached hydrogens (tertiary/aromatic N) is 2. The molecule has 2 amide bonds. The lowest BCUT2D eigenvalue weighted by Crippen LogP contribution is -2.59. The summed E-state index contributed by atoms with van der Waals surface area (Å²) in [5.74, 6) is -0.943. The van der Waals surface area contributed by atoms with Crippen LogP contribution in [0.4, 0.5) is 4.79 Å². The molecule has 0 aromatic carbocycles. The average Bonchev–Trinajstić information content (AvgIpc) is 2.60. The molecule has 2 fully saturated rings. The van der Waals surface area contributed by atoms with E-state index >= 15 is 0 Å². The fourth-order valence-electron chi connectivity index (χ4n) is 2.05. The third kappa shape index (κ3) is 1.77. The zero-order valence-electron chi connectivity index (χ0n) is 8.30. The van der Waals surface area contributed by atoms with Crippen LogP contribution in [0.1, 0.15) is 12.8 Å². The van der Waals surface area contributed by atoms with Gasteiger partial charge in [-0.1, -0.05) is 0 Å². The lowest BCUT2D eigenvalue weighted by Gasteiger charge is -2.39. The topological polar surface area (TPSA) is 81.1 Å². The number of hydrogen-bond acceptors (Lipinski definition) is 3. The highest BCUT2D eigenvalue weighted by Gasteiger charge is 2.39. The summed E-state index contributed by atoms with van der Waals surface area (Å²) in [6.45, 7) is 1.14. The molecule has 2 rings (SSSR count). The molecule has 0 unspecified atom stereocenters. The molecule has 0 aliphatic carbocycles. The Bertz CT molecular complexity index is 288. The molecule has 0 radical (unpaired) electrons. The fraction of sp³-hybridized carbons (Fsp3) is 0.778. The first kappa shape index (κ1) is 10.2. The van der Waals surface area contributed by atoms with Crippen molar-refractivity contribution in [3.63, 3.8) is 0 Å². The van der Waals surface area contributed by atoms with Gasteiger partial charge >= 0.3 is 12.0 Å². The van der Waals surface area contributed by atoms with Gasteiger partial charge in [-0.15, -0.1) is 0 Å². The van der Waals surface area contributed by atoms with E-state index in [0.29, 0.717) is 26.1 Å². The van der Waals surface area contributed by atoms with E-state index in [1.165, 1.54) is 9.80 Å². The Morgan fingerprint density at radius 3 is 2.47 bits per heavy atom. The highest BCUT2D eigenvalue weighted by molar-refractivity contribution is 5.83. The van der Waals surface area contributed by atoms with Crippen LogP contribution >= 0.6 is 0 Å². The summed E-state index contributed by atoms with van der Waals surface area (Å²) in [6, 6.07) is -0.944. The van der Waals surface area contributed by atoms with Gasteiger partial charge in [-0.3, -0.25) is 0 Å². The first-order valence-electron chi connectivity index (χ1n) is 5.06. The van der Waals surface area contributed by atoms with E-state index in [9.17, 15) is 9.59 Å². The van der Waals surface area contributed by atoms with Crippen LogP contribution < -0.4 is 0 Å². The van der Waals surface area contributed by atoms with E-state index in [2.05, 4.69) is 0 Å². The van der Waals surface area contributed by atoms with Gasteiger partial charge in [0.15, 0.2) is 0 Å². The van der Waals surface area contributed by atoms with Crippen molar-refractivity contribution in [2.45, 2.75) is 25.0 Å². The zero-order chi connectivity index (χ0) is 11.0. The SMILES string of the molecule is O=C(O)[C@@H]1CCCN1C(=O)N1CC(O)C1. The summed E-state index contributed by atoms with van der Waals surface area (Å²) in [5, 5.41) is 18.0. The molecule has 6 nitrogen and oxygen atoms in total. The maximum absolute atomic E-state index is 11.8. The predicted octanol–water partition coefficient (Wildman–Crippen LogP) is -0.668. The van der Waals surface area contributed by atoms with Crippen LogP contribution in [0.3, 0.4) is 0 Å². The number of carboxylic acid groups (broad SMARTS) is 1. The molecular weight excluding hydrogens is 200 g/mol. The predicted molar refractivity (Wildman–Crippen MR) is 50.3 cm³/mol. The lowest BCUT2D eigenvalue weighted by atomic mass is 10.2. The number of aliphatic hydroxyl groups is 1. The second-order valence-electron chi connectivity index (χ2n) is 4.03. The highest BCUT2D eigenvalue weighted by Crippen LogP contribution is 2.21. The van der Waals surface area contributed by atoms with Gasteiger partial charge in [-0.2, -0.15) is 0 Å². The van der Waals surface area contributed by atoms with E-state index in [-0.39, 0.29) is 6.03 Å². The number of carboxylic acids is 1. The van der Waals surface area contributed by atoms with Crippen molar-refractivity contribution >= 4 is 12.0 Å². The van der Waals surface area contributed by atoms with Crippen molar-refractivity contribution in [3.8, 4) is 0 Å². The molecule has 2 saturated heterocycles. The van der Waals surface area contributed by atoms with E-state index in [1.807, 2.05) is 0 Å². The number of aliphatic hydroxyl groups excluding tert-OH is 1. The van der Waals surface area contributed by atoms with Crippen molar-refractivity contribution < 1.29 is 19.8 Å². The normalized spacial score (nSPS) is 26.6. The summed E-state index contributed by atoms with van der Waals surface area (Å²) in [5.41, 5.74) is 0. The molecule has 6 heteroatoms. The largest absolute Gasteiger partial charge is 0.480 e. The van der Waals surface area contributed by atoms with Gasteiger partial charge in [0.25, 0.3) is 0 Å². The van der Waals surface area contributed by atoms with Crippen molar-refractivity contribution in [3.05, 3.63) is 0 Å². The number of rotatable bonds is 1. The quantitative estimate of drug-likeness (QED) is 0.606. The average molecular weight is 214 g/mol. The smallest absolute Gasteiger partial charge is 0.326 e. The molecule has 2 aliphatic rings. The maximum atomic E-state index is 11.8. The van der Waals surface area contributed by atoms with Crippen LogP contribution in [0, 0.1) is 0 Å². The standard InChI is InChI=1S/C9H14N2O4/c12-6-4-10(5-6)9(15)11-3-1-2-7(11)8(13)14/h6-7,12H,1-5H2,(H,13,14)/t7-/m0/s1. The number of carbonyl (C=O) groups is 2. The Balaban J connectivity index is 1.97. The molecule has 2 aliphatic heterocycles. The van der Waals surface area contributed by atoms with Crippen molar-refractivity contribution in [2.75, 3.05) is 19.6 Å². The van der Waals surface area contributed by atoms with Crippen LogP contribution in [-0.4, -0.2) is 63.8 Å². The summed E-state index contributed by atoms with van der Waals surface area (Å²) >= 11 is 0. The molecule has 0 bridgehead atoms. The van der Waals surface area contributed by atoms with E-state index in [0.717, 1.165) is 6.42 Å². The molecule has 0 aromatic rings. The van der Waals surface area contributed by atoms with Gasteiger partial charge in [-0.05, 0) is 12.8 Å². The van der Waals surface area contributed by atoms with Gasteiger partial charge < -0.3 is 20.0 Å². The zero-order valence-corrected chi connectivity index (χ0v) is 8.30. The van der Waals surface area contributed by atoms with Gasteiger partial charge in [0.2, 0.25) is 0 Å². The van der Waals surface area contributed by atoms with E-state index in [4.69, 9.17) is 10.2 Å². The molecule has 1 atom stereocenters. The third-order valence-electron chi connectivity index (χ3n) is 2.92. The number of amides is 2. The van der Waals surface area contributed by atoms with E-state index in [1.54, 1.807) is 0 Å². The summed E-state index contributed by atoms with van der Waals surface area (Å²) in [4.78, 5) is 25.5. The van der Waals surface area contributed by atoms with Crippen molar-refractivity contribution in [1.29, 1.82) is 0 Å². The number of aliphatic carboxylic acids is 1. The first-order valence-corrected chi connectivity index (χ1v) is 5.06. The molecule has 84 valence electrons. The first-order chi connectivity index (χ1) is 7.09. The van der Waals surface area contributed by atoms with Crippen molar-refractivity contribution in [2.24, 2.45) is 0 Å². The Hall–Kier alpha value is -1.30. The lowest BCUT2D eigenvalue weighted by molar-refractivity contribution is -0.141. The van der Waals surface area contributed by atoms with Crippen molar-refractivity contribution in [1.82, 2.24) is 9.80 Å². The number of urea groups is 1. The Kier molecular flexibility index (Phi) is 2.52. The Morgan fingerprint density at radius 2 is 1.93 bits per heavy atom. The molecule has 0 aromatic heterocycles. The Labute approximate surface area is 87.1 Å². The number of hydrogen-bond donors (Lipinski definition) is 2. The highest BCUT2D eigenvalue weighted by atomic mass is 16.4. The second-order valence-corrected chi connectivity index (χ2v) is 4.03. The van der Waals surface area contributed by atoms with Crippen LogP contribution in [-0.2, 0) is 4.79 Å². The van der Waals surface area contributed by atoms with Gasteiger partial charge in [-0.25, -0.2) is 9.59 Å². The molecule has 0 spiro atoms. The Morgan fingerprint density at radius 1 is 1.27 bits per heavy atom. The van der Waals surface area contributed by atoms with Gasteiger partial charge in [0.1, 0.15) is 6.04 Å². The van der Waals surface area contributed by atoms with E-state index < -0.39 is 18.1 Å². The summed E-state index contributed by atoms with van der Waals surface area (Å²) < 4.78 is 0. The number of β-amino-alcohol motifs (C(OH)–C–C–N with tert-alkyl or cyclic N) is 1. The van der Waals surface area contributed by atoms with Gasteiger partial charge in [0, 0.05) is 6.54 Å². The molecule has 2 N–H and O–H groups in total. The fourth-order valence-corrected chi connectivity index (χ4v) is 2.05. The second kappa shape index (κ2) is 3.69. The number of likely N-dealkylation sites (tertiary alicyclic amines) is 2.